The van der Waals surface area contributed by atoms with Crippen molar-refractivity contribution in [2.24, 2.45) is 11.0 Å². The first-order valence-electron chi connectivity index (χ1n) is 7.20. The fraction of sp³-hybridized carbons (Fsp3) is 0.278. The lowest BCUT2D eigenvalue weighted by Crippen LogP contribution is -2.16. The number of methoxy groups -OCH3 is 1. The Bertz CT molecular complexity index is 591. The number of ether oxygens (including phenoxy) is 1. The van der Waals surface area contributed by atoms with E-state index in [1.165, 1.54) is 0 Å². The first-order chi connectivity index (χ1) is 10.2. The average molecular weight is 282 g/mol. The lowest BCUT2D eigenvalue weighted by molar-refractivity contribution is 0.408. The molecule has 0 bridgehead atoms. The van der Waals surface area contributed by atoms with Crippen LogP contribution in [-0.2, 0) is 6.54 Å². The molecule has 21 heavy (non-hydrogen) atoms. The van der Waals surface area contributed by atoms with Crippen LogP contribution in [0, 0.1) is 5.92 Å². The molecular weight excluding hydrogens is 260 g/mol. The maximum atomic E-state index is 5.35. The first kappa shape index (κ1) is 15.1. The molecule has 0 fully saturated rings. The molecule has 2 rings (SSSR count). The molecular formula is C18H22N2O. The van der Waals surface area contributed by atoms with Crippen LogP contribution in [-0.4, -0.2) is 12.8 Å². The summed E-state index contributed by atoms with van der Waals surface area (Å²) in [6.45, 7) is 4.94. The minimum absolute atomic E-state index is 0.359. The van der Waals surface area contributed by atoms with Gasteiger partial charge in [0.05, 0.1) is 19.4 Å². The third-order valence-corrected chi connectivity index (χ3v) is 3.28. The molecule has 0 heterocycles. The highest BCUT2D eigenvalue weighted by atomic mass is 16.5. The summed E-state index contributed by atoms with van der Waals surface area (Å²) in [4.78, 5) is 0. The summed E-state index contributed by atoms with van der Waals surface area (Å²) in [5.41, 5.74) is 6.47. The van der Waals surface area contributed by atoms with E-state index in [1.807, 2.05) is 42.5 Å². The van der Waals surface area contributed by atoms with Crippen molar-refractivity contribution >= 4 is 5.71 Å². The van der Waals surface area contributed by atoms with Crippen molar-refractivity contribution in [3.8, 4) is 5.75 Å². The molecule has 0 aliphatic rings. The van der Waals surface area contributed by atoms with Gasteiger partial charge in [-0.05, 0) is 17.5 Å². The van der Waals surface area contributed by atoms with E-state index in [0.717, 1.165) is 22.6 Å². The maximum absolute atomic E-state index is 5.35. The molecule has 0 spiro atoms. The van der Waals surface area contributed by atoms with E-state index in [2.05, 4.69) is 36.5 Å². The number of hydrogen-bond donors (Lipinski definition) is 1. The molecule has 0 saturated heterocycles. The Kier molecular flexibility index (Phi) is 5.38. The number of para-hydroxylation sites is 1. The van der Waals surface area contributed by atoms with E-state index < -0.39 is 0 Å². The summed E-state index contributed by atoms with van der Waals surface area (Å²) < 4.78 is 5.35. The van der Waals surface area contributed by atoms with Crippen molar-refractivity contribution in [3.63, 3.8) is 0 Å². The molecule has 3 nitrogen and oxygen atoms in total. The SMILES string of the molecule is COc1ccccc1CN/N=C(/c1ccccc1)C(C)C. The Hall–Kier alpha value is -2.29. The number of rotatable bonds is 6. The molecule has 0 atom stereocenters. The van der Waals surface area contributed by atoms with Gasteiger partial charge in [-0.25, -0.2) is 0 Å². The van der Waals surface area contributed by atoms with Crippen molar-refractivity contribution in [1.29, 1.82) is 0 Å². The lowest BCUT2D eigenvalue weighted by Gasteiger charge is -2.12. The van der Waals surface area contributed by atoms with Crippen LogP contribution in [0.15, 0.2) is 59.7 Å². The van der Waals surface area contributed by atoms with Crippen LogP contribution in [0.3, 0.4) is 0 Å². The van der Waals surface area contributed by atoms with Gasteiger partial charge in [-0.1, -0.05) is 62.4 Å². The van der Waals surface area contributed by atoms with E-state index >= 15 is 0 Å². The van der Waals surface area contributed by atoms with Gasteiger partial charge in [0.1, 0.15) is 5.75 Å². The Morgan fingerprint density at radius 1 is 1.05 bits per heavy atom. The Balaban J connectivity index is 2.11. The average Bonchev–Trinajstić information content (AvgIpc) is 2.52. The third kappa shape index (κ3) is 4.09. The van der Waals surface area contributed by atoms with Crippen molar-refractivity contribution < 1.29 is 4.74 Å². The van der Waals surface area contributed by atoms with Gasteiger partial charge in [0, 0.05) is 5.56 Å². The van der Waals surface area contributed by atoms with E-state index in [1.54, 1.807) is 7.11 Å². The lowest BCUT2D eigenvalue weighted by atomic mass is 10.0. The van der Waals surface area contributed by atoms with Gasteiger partial charge in [0.15, 0.2) is 0 Å². The summed E-state index contributed by atoms with van der Waals surface area (Å²) in [6, 6.07) is 18.2. The Morgan fingerprint density at radius 3 is 2.38 bits per heavy atom. The van der Waals surface area contributed by atoms with Gasteiger partial charge in [-0.3, -0.25) is 0 Å². The normalized spacial score (nSPS) is 11.5. The zero-order valence-corrected chi connectivity index (χ0v) is 12.8. The van der Waals surface area contributed by atoms with Crippen molar-refractivity contribution in [2.75, 3.05) is 7.11 Å². The van der Waals surface area contributed by atoms with Crippen LogP contribution in [0.4, 0.5) is 0 Å². The standard InChI is InChI=1S/C18H22N2O/c1-14(2)18(15-9-5-4-6-10-15)20-19-13-16-11-7-8-12-17(16)21-3/h4-12,14,19H,13H2,1-3H3/b20-18+. The van der Waals surface area contributed by atoms with Crippen molar-refractivity contribution in [3.05, 3.63) is 65.7 Å². The van der Waals surface area contributed by atoms with Crippen LogP contribution in [0.25, 0.3) is 0 Å². The molecule has 0 aromatic heterocycles. The molecule has 3 heteroatoms. The largest absolute Gasteiger partial charge is 0.496 e. The summed E-state index contributed by atoms with van der Waals surface area (Å²) in [5.74, 6) is 1.24. The molecule has 2 aromatic carbocycles. The monoisotopic (exact) mass is 282 g/mol. The quantitative estimate of drug-likeness (QED) is 0.645. The number of nitrogens with one attached hydrogen (secondary N) is 1. The maximum Gasteiger partial charge on any atom is 0.123 e. The molecule has 0 unspecified atom stereocenters. The number of benzene rings is 2. The minimum atomic E-state index is 0.359. The molecule has 0 aliphatic heterocycles. The highest BCUT2D eigenvalue weighted by Gasteiger charge is 2.08. The second-order valence-electron chi connectivity index (χ2n) is 5.16. The van der Waals surface area contributed by atoms with Crippen LogP contribution in [0.2, 0.25) is 0 Å². The third-order valence-electron chi connectivity index (χ3n) is 3.28. The summed E-state index contributed by atoms with van der Waals surface area (Å²) >= 11 is 0. The number of hydrogen-bond acceptors (Lipinski definition) is 3. The van der Waals surface area contributed by atoms with E-state index in [0.29, 0.717) is 12.5 Å². The smallest absolute Gasteiger partial charge is 0.123 e. The fourth-order valence-corrected chi connectivity index (χ4v) is 2.19. The molecule has 1 N–H and O–H groups in total. The van der Waals surface area contributed by atoms with Gasteiger partial charge in [0.25, 0.3) is 0 Å². The molecule has 0 saturated carbocycles. The van der Waals surface area contributed by atoms with Gasteiger partial charge < -0.3 is 10.2 Å². The second-order valence-corrected chi connectivity index (χ2v) is 5.16. The van der Waals surface area contributed by atoms with Crippen LogP contribution >= 0.6 is 0 Å². The molecule has 2 aromatic rings. The van der Waals surface area contributed by atoms with Gasteiger partial charge in [0.2, 0.25) is 0 Å². The minimum Gasteiger partial charge on any atom is -0.496 e. The highest BCUT2D eigenvalue weighted by Crippen LogP contribution is 2.17. The topological polar surface area (TPSA) is 33.6 Å². The molecule has 0 aliphatic carbocycles. The molecule has 0 radical (unpaired) electrons. The van der Waals surface area contributed by atoms with Crippen molar-refractivity contribution in [2.45, 2.75) is 20.4 Å². The highest BCUT2D eigenvalue weighted by molar-refractivity contribution is 6.01. The van der Waals surface area contributed by atoms with Crippen LogP contribution in [0.1, 0.15) is 25.0 Å². The first-order valence-corrected chi connectivity index (χ1v) is 7.20. The zero-order valence-electron chi connectivity index (χ0n) is 12.8. The van der Waals surface area contributed by atoms with E-state index in [-0.39, 0.29) is 0 Å². The van der Waals surface area contributed by atoms with Gasteiger partial charge in [-0.2, -0.15) is 5.10 Å². The van der Waals surface area contributed by atoms with Gasteiger partial charge in [-0.15, -0.1) is 0 Å². The predicted octanol–water partition coefficient (Wildman–Crippen LogP) is 3.85. The zero-order chi connectivity index (χ0) is 15.1. The van der Waals surface area contributed by atoms with Gasteiger partial charge >= 0.3 is 0 Å². The Morgan fingerprint density at radius 2 is 1.71 bits per heavy atom. The number of hydrazone groups is 1. The molecule has 110 valence electrons. The van der Waals surface area contributed by atoms with E-state index in [4.69, 9.17) is 4.74 Å². The summed E-state index contributed by atoms with van der Waals surface area (Å²) in [5, 5.41) is 4.58. The van der Waals surface area contributed by atoms with Crippen LogP contribution in [0.5, 0.6) is 5.75 Å². The fourth-order valence-electron chi connectivity index (χ4n) is 2.19. The van der Waals surface area contributed by atoms with E-state index in [9.17, 15) is 0 Å². The van der Waals surface area contributed by atoms with Crippen molar-refractivity contribution in [1.82, 2.24) is 5.43 Å². The van der Waals surface area contributed by atoms with Crippen LogP contribution < -0.4 is 10.2 Å². The second kappa shape index (κ2) is 7.48. The summed E-state index contributed by atoms with van der Waals surface area (Å²) in [7, 11) is 1.69. The Labute approximate surface area is 126 Å². The predicted molar refractivity (Wildman–Crippen MR) is 87.7 cm³/mol. The number of nitrogens with zero attached hydrogens (tertiary/aromatic N) is 1. The summed E-state index contributed by atoms with van der Waals surface area (Å²) in [6.07, 6.45) is 0. The molecule has 0 amide bonds.